The van der Waals surface area contributed by atoms with E-state index in [-0.39, 0.29) is 17.7 Å². The average Bonchev–Trinajstić information content (AvgIpc) is 2.61. The van der Waals surface area contributed by atoms with Gasteiger partial charge in [-0.2, -0.15) is 0 Å². The van der Waals surface area contributed by atoms with Gasteiger partial charge in [0.05, 0.1) is 12.6 Å². The van der Waals surface area contributed by atoms with Crippen molar-refractivity contribution >= 4 is 23.5 Å². The third-order valence-corrected chi connectivity index (χ3v) is 3.92. The minimum Gasteiger partial charge on any atom is -0.490 e. The Bertz CT molecular complexity index is 793. The van der Waals surface area contributed by atoms with Gasteiger partial charge >= 0.3 is 5.97 Å². The number of carbonyl (C=O) groups is 2. The second-order valence-electron chi connectivity index (χ2n) is 5.49. The number of carbonyl (C=O) groups excluding carboxylic acids is 1. The molecule has 1 atom stereocenters. The van der Waals surface area contributed by atoms with Gasteiger partial charge < -0.3 is 19.9 Å². The minimum atomic E-state index is -1.09. The number of hydrogen-bond acceptors (Lipinski definition) is 4. The van der Waals surface area contributed by atoms with E-state index >= 15 is 0 Å². The lowest BCUT2D eigenvalue weighted by Gasteiger charge is -2.17. The maximum Gasteiger partial charge on any atom is 0.341 e. The maximum absolute atomic E-state index is 12.5. The highest BCUT2D eigenvalue weighted by molar-refractivity contribution is 6.31. The molecule has 0 saturated heterocycles. The summed E-state index contributed by atoms with van der Waals surface area (Å²) < 4.78 is 10.6. The molecule has 0 fully saturated rings. The quantitative estimate of drug-likeness (QED) is 0.732. The standard InChI is InChI=1S/C19H20ClNO5/c1-3-25-17-10-13(8-9-16(17)26-11-18(22)23)19(24)21-12(2)14-6-4-5-7-15(14)20/h4-10,12H,3,11H2,1-2H3,(H,21,24)(H,22,23). The van der Waals surface area contributed by atoms with E-state index in [1.54, 1.807) is 19.1 Å². The van der Waals surface area contributed by atoms with Gasteiger partial charge in [0, 0.05) is 10.6 Å². The Morgan fingerprint density at radius 2 is 1.88 bits per heavy atom. The number of ether oxygens (including phenoxy) is 2. The van der Waals surface area contributed by atoms with Crippen molar-refractivity contribution < 1.29 is 24.2 Å². The van der Waals surface area contributed by atoms with Crippen LogP contribution in [-0.4, -0.2) is 30.2 Å². The molecule has 138 valence electrons. The topological polar surface area (TPSA) is 84.9 Å². The minimum absolute atomic E-state index is 0.268. The molecular weight excluding hydrogens is 358 g/mol. The Balaban J connectivity index is 2.16. The first-order valence-corrected chi connectivity index (χ1v) is 8.47. The molecule has 2 aromatic rings. The van der Waals surface area contributed by atoms with Crippen LogP contribution >= 0.6 is 11.6 Å². The van der Waals surface area contributed by atoms with Crippen molar-refractivity contribution in [2.75, 3.05) is 13.2 Å². The number of benzene rings is 2. The highest BCUT2D eigenvalue weighted by Crippen LogP contribution is 2.29. The summed E-state index contributed by atoms with van der Waals surface area (Å²) in [5.74, 6) is -0.817. The molecule has 26 heavy (non-hydrogen) atoms. The largest absolute Gasteiger partial charge is 0.490 e. The molecule has 0 radical (unpaired) electrons. The van der Waals surface area contributed by atoms with Crippen molar-refractivity contribution in [3.05, 3.63) is 58.6 Å². The van der Waals surface area contributed by atoms with Crippen LogP contribution < -0.4 is 14.8 Å². The highest BCUT2D eigenvalue weighted by atomic mass is 35.5. The predicted octanol–water partition coefficient (Wildman–Crippen LogP) is 3.69. The number of carboxylic acids is 1. The van der Waals surface area contributed by atoms with Crippen LogP contribution in [0.3, 0.4) is 0 Å². The van der Waals surface area contributed by atoms with Crippen molar-refractivity contribution in [1.29, 1.82) is 0 Å². The molecule has 0 aromatic heterocycles. The summed E-state index contributed by atoms with van der Waals surface area (Å²) in [6.45, 7) is 3.49. The number of amides is 1. The van der Waals surface area contributed by atoms with Crippen LogP contribution in [-0.2, 0) is 4.79 Å². The molecule has 0 aliphatic carbocycles. The summed E-state index contributed by atoms with van der Waals surface area (Å²) in [5, 5.41) is 12.2. The Hall–Kier alpha value is -2.73. The van der Waals surface area contributed by atoms with Crippen molar-refractivity contribution in [2.24, 2.45) is 0 Å². The molecule has 1 amide bonds. The lowest BCUT2D eigenvalue weighted by atomic mass is 10.1. The van der Waals surface area contributed by atoms with Crippen molar-refractivity contribution in [3.63, 3.8) is 0 Å². The molecule has 2 N–H and O–H groups in total. The van der Waals surface area contributed by atoms with Crippen molar-refractivity contribution in [2.45, 2.75) is 19.9 Å². The zero-order valence-corrected chi connectivity index (χ0v) is 15.2. The number of carboxylic acid groups (broad SMARTS) is 1. The first kappa shape index (κ1) is 19.6. The summed E-state index contributed by atoms with van der Waals surface area (Å²) in [4.78, 5) is 23.2. The van der Waals surface area contributed by atoms with E-state index in [0.717, 1.165) is 5.56 Å². The highest BCUT2D eigenvalue weighted by Gasteiger charge is 2.16. The Morgan fingerprint density at radius 1 is 1.15 bits per heavy atom. The molecule has 0 aliphatic rings. The fraction of sp³-hybridized carbons (Fsp3) is 0.263. The fourth-order valence-electron chi connectivity index (χ4n) is 2.36. The smallest absolute Gasteiger partial charge is 0.341 e. The summed E-state index contributed by atoms with van der Waals surface area (Å²) in [5.41, 5.74) is 1.18. The van der Waals surface area contributed by atoms with E-state index in [4.69, 9.17) is 26.2 Å². The first-order chi connectivity index (χ1) is 12.4. The van der Waals surface area contributed by atoms with E-state index in [1.165, 1.54) is 12.1 Å². The Morgan fingerprint density at radius 3 is 2.54 bits per heavy atom. The van der Waals surface area contributed by atoms with Crippen LogP contribution in [0.2, 0.25) is 5.02 Å². The molecular formula is C19H20ClNO5. The lowest BCUT2D eigenvalue weighted by Crippen LogP contribution is -2.26. The lowest BCUT2D eigenvalue weighted by molar-refractivity contribution is -0.139. The SMILES string of the molecule is CCOc1cc(C(=O)NC(C)c2ccccc2Cl)ccc1OCC(=O)O. The van der Waals surface area contributed by atoms with Gasteiger partial charge in [0.1, 0.15) is 0 Å². The van der Waals surface area contributed by atoms with Gasteiger partial charge in [0.15, 0.2) is 18.1 Å². The van der Waals surface area contributed by atoms with Crippen molar-refractivity contribution in [3.8, 4) is 11.5 Å². The number of nitrogens with one attached hydrogen (secondary N) is 1. The van der Waals surface area contributed by atoms with Gasteiger partial charge in [-0.1, -0.05) is 29.8 Å². The van der Waals surface area contributed by atoms with Gasteiger partial charge in [0.2, 0.25) is 0 Å². The van der Waals surface area contributed by atoms with Gasteiger partial charge in [-0.05, 0) is 43.7 Å². The Labute approximate surface area is 156 Å². The molecule has 0 spiro atoms. The van der Waals surface area contributed by atoms with Crippen molar-refractivity contribution in [1.82, 2.24) is 5.32 Å². The summed E-state index contributed by atoms with van der Waals surface area (Å²) >= 11 is 6.16. The molecule has 2 rings (SSSR count). The number of halogens is 1. The molecule has 2 aromatic carbocycles. The van der Waals surface area contributed by atoms with Crippen LogP contribution in [0.1, 0.15) is 35.8 Å². The molecule has 1 unspecified atom stereocenters. The maximum atomic E-state index is 12.5. The molecule has 6 nitrogen and oxygen atoms in total. The second kappa shape index (κ2) is 9.10. The van der Waals surface area contributed by atoms with E-state index in [1.807, 2.05) is 25.1 Å². The normalized spacial score (nSPS) is 11.5. The van der Waals surface area contributed by atoms with Crippen LogP contribution in [0.5, 0.6) is 11.5 Å². The predicted molar refractivity (Wildman–Crippen MR) is 98.1 cm³/mol. The molecule has 0 aliphatic heterocycles. The van der Waals surface area contributed by atoms with E-state index in [2.05, 4.69) is 5.32 Å². The third-order valence-electron chi connectivity index (χ3n) is 3.58. The summed E-state index contributed by atoms with van der Waals surface area (Å²) in [7, 11) is 0. The Kier molecular flexibility index (Phi) is 6.86. The average molecular weight is 378 g/mol. The third kappa shape index (κ3) is 5.13. The second-order valence-corrected chi connectivity index (χ2v) is 5.90. The summed E-state index contributed by atoms with van der Waals surface area (Å²) in [6, 6.07) is 11.6. The van der Waals surface area contributed by atoms with Gasteiger partial charge in [0.25, 0.3) is 5.91 Å². The summed E-state index contributed by atoms with van der Waals surface area (Å²) in [6.07, 6.45) is 0. The van der Waals surface area contributed by atoms with Crippen LogP contribution in [0.25, 0.3) is 0 Å². The fourth-order valence-corrected chi connectivity index (χ4v) is 2.66. The van der Waals surface area contributed by atoms with Crippen LogP contribution in [0.15, 0.2) is 42.5 Å². The number of aliphatic carboxylic acids is 1. The molecule has 7 heteroatoms. The van der Waals surface area contributed by atoms with E-state index in [0.29, 0.717) is 22.9 Å². The number of hydrogen-bond donors (Lipinski definition) is 2. The van der Waals surface area contributed by atoms with Gasteiger partial charge in [-0.25, -0.2) is 4.79 Å². The van der Waals surface area contributed by atoms with Crippen LogP contribution in [0, 0.1) is 0 Å². The van der Waals surface area contributed by atoms with Gasteiger partial charge in [-0.15, -0.1) is 0 Å². The first-order valence-electron chi connectivity index (χ1n) is 8.09. The zero-order valence-electron chi connectivity index (χ0n) is 14.5. The van der Waals surface area contributed by atoms with E-state index in [9.17, 15) is 9.59 Å². The molecule has 0 bridgehead atoms. The zero-order chi connectivity index (χ0) is 19.1. The number of rotatable bonds is 8. The van der Waals surface area contributed by atoms with E-state index < -0.39 is 12.6 Å². The van der Waals surface area contributed by atoms with Gasteiger partial charge in [-0.3, -0.25) is 4.79 Å². The molecule has 0 heterocycles. The monoisotopic (exact) mass is 377 g/mol. The molecule has 0 saturated carbocycles. The van der Waals surface area contributed by atoms with Crippen LogP contribution in [0.4, 0.5) is 0 Å².